The third-order valence-corrected chi connectivity index (χ3v) is 6.72. The minimum absolute atomic E-state index is 0.0691. The van der Waals surface area contributed by atoms with Crippen LogP contribution in [0.15, 0.2) is 41.3 Å². The number of benzene rings is 2. The lowest BCUT2D eigenvalue weighted by molar-refractivity contribution is -0.385. The summed E-state index contributed by atoms with van der Waals surface area (Å²) in [6.07, 6.45) is 0. The molecule has 9 heteroatoms. The quantitative estimate of drug-likeness (QED) is 0.560. The molecular formula is C19H23N3O5S. The van der Waals surface area contributed by atoms with Gasteiger partial charge in [0.05, 0.1) is 21.1 Å². The Morgan fingerprint density at radius 1 is 1.14 bits per heavy atom. The molecule has 0 aromatic heterocycles. The van der Waals surface area contributed by atoms with E-state index in [9.17, 15) is 23.3 Å². The maximum atomic E-state index is 12.8. The van der Waals surface area contributed by atoms with Gasteiger partial charge in [-0.3, -0.25) is 14.9 Å². The number of nitrogens with zero attached hydrogens (tertiary/aromatic N) is 2. The highest BCUT2D eigenvalue weighted by atomic mass is 32.2. The second-order valence-corrected chi connectivity index (χ2v) is 8.14. The smallest absolute Gasteiger partial charge is 0.274 e. The van der Waals surface area contributed by atoms with Crippen LogP contribution in [0.4, 0.5) is 11.4 Å². The zero-order chi connectivity index (χ0) is 21.1. The van der Waals surface area contributed by atoms with Crippen molar-refractivity contribution in [3.05, 3.63) is 63.2 Å². The van der Waals surface area contributed by atoms with Gasteiger partial charge >= 0.3 is 0 Å². The van der Waals surface area contributed by atoms with Gasteiger partial charge in [-0.25, -0.2) is 8.42 Å². The molecule has 0 fully saturated rings. The fourth-order valence-electron chi connectivity index (χ4n) is 2.87. The number of carbonyl (C=O) groups excluding carboxylic acids is 1. The molecule has 0 aliphatic carbocycles. The van der Waals surface area contributed by atoms with E-state index in [0.29, 0.717) is 29.9 Å². The summed E-state index contributed by atoms with van der Waals surface area (Å²) in [6.45, 7) is 7.35. The molecule has 28 heavy (non-hydrogen) atoms. The third kappa shape index (κ3) is 4.20. The number of rotatable bonds is 7. The molecule has 150 valence electrons. The number of aryl methyl sites for hydroxylation is 1. The van der Waals surface area contributed by atoms with Crippen molar-refractivity contribution in [2.24, 2.45) is 0 Å². The molecule has 0 saturated heterocycles. The molecule has 0 bridgehead atoms. The predicted octanol–water partition coefficient (Wildman–Crippen LogP) is 3.49. The molecule has 2 rings (SSSR count). The molecule has 1 N–H and O–H groups in total. The van der Waals surface area contributed by atoms with E-state index in [1.807, 2.05) is 0 Å². The van der Waals surface area contributed by atoms with Crippen LogP contribution in [0.5, 0.6) is 0 Å². The third-order valence-electron chi connectivity index (χ3n) is 4.52. The predicted molar refractivity (Wildman–Crippen MR) is 107 cm³/mol. The van der Waals surface area contributed by atoms with Crippen molar-refractivity contribution in [1.82, 2.24) is 4.31 Å². The van der Waals surface area contributed by atoms with E-state index in [0.717, 1.165) is 0 Å². The number of hydrogen-bond donors (Lipinski definition) is 1. The molecule has 1 amide bonds. The Bertz CT molecular complexity index is 1010. The summed E-state index contributed by atoms with van der Waals surface area (Å²) in [4.78, 5) is 23.3. The van der Waals surface area contributed by atoms with Crippen molar-refractivity contribution < 1.29 is 18.1 Å². The van der Waals surface area contributed by atoms with Crippen LogP contribution in [-0.4, -0.2) is 36.6 Å². The van der Waals surface area contributed by atoms with Crippen molar-refractivity contribution in [3.8, 4) is 0 Å². The van der Waals surface area contributed by atoms with Crippen molar-refractivity contribution >= 4 is 27.3 Å². The summed E-state index contributed by atoms with van der Waals surface area (Å²) in [5.41, 5.74) is 1.21. The average molecular weight is 405 g/mol. The molecule has 0 unspecified atom stereocenters. The topological polar surface area (TPSA) is 110 Å². The van der Waals surface area contributed by atoms with Gasteiger partial charge in [0.25, 0.3) is 11.6 Å². The molecule has 0 atom stereocenters. The molecular weight excluding hydrogens is 382 g/mol. The van der Waals surface area contributed by atoms with E-state index in [1.165, 1.54) is 28.6 Å². The van der Waals surface area contributed by atoms with Crippen molar-refractivity contribution in [2.45, 2.75) is 32.6 Å². The van der Waals surface area contributed by atoms with E-state index in [2.05, 4.69) is 5.32 Å². The Balaban J connectivity index is 2.41. The van der Waals surface area contributed by atoms with Gasteiger partial charge in [-0.2, -0.15) is 4.31 Å². The normalized spacial score (nSPS) is 11.5. The molecule has 8 nitrogen and oxygen atoms in total. The summed E-state index contributed by atoms with van der Waals surface area (Å²) in [5, 5.41) is 13.7. The molecule has 2 aromatic carbocycles. The number of amides is 1. The summed E-state index contributed by atoms with van der Waals surface area (Å²) in [6, 6.07) is 8.83. The Kier molecular flexibility index (Phi) is 6.52. The number of nitro benzene ring substituents is 1. The maximum absolute atomic E-state index is 12.8. The number of carbonyl (C=O) groups is 1. The summed E-state index contributed by atoms with van der Waals surface area (Å²) in [5.74, 6) is -0.542. The molecule has 0 heterocycles. The molecule has 0 aliphatic heterocycles. The lowest BCUT2D eigenvalue weighted by Crippen LogP contribution is -2.31. The lowest BCUT2D eigenvalue weighted by atomic mass is 10.1. The van der Waals surface area contributed by atoms with Crippen molar-refractivity contribution in [3.63, 3.8) is 0 Å². The first-order valence-corrected chi connectivity index (χ1v) is 10.2. The van der Waals surface area contributed by atoms with Crippen LogP contribution in [0.1, 0.15) is 35.3 Å². The van der Waals surface area contributed by atoms with Gasteiger partial charge in [-0.15, -0.1) is 0 Å². The van der Waals surface area contributed by atoms with E-state index >= 15 is 0 Å². The van der Waals surface area contributed by atoms with Crippen LogP contribution in [0.3, 0.4) is 0 Å². The minimum Gasteiger partial charge on any atom is -0.321 e. The van der Waals surface area contributed by atoms with Gasteiger partial charge in [0.1, 0.15) is 0 Å². The number of sulfonamides is 1. The van der Waals surface area contributed by atoms with Crippen LogP contribution < -0.4 is 5.32 Å². The second-order valence-electron chi connectivity index (χ2n) is 6.23. The highest BCUT2D eigenvalue weighted by Crippen LogP contribution is 2.26. The molecule has 0 aliphatic rings. The standard InChI is InChI=1S/C19H23N3O5S/c1-5-21(6-2)28(26,27)18-12-15(11-10-13(18)3)19(23)20-16-8-7-9-17(14(16)4)22(24)25/h7-12H,5-6H2,1-4H3,(H,20,23). The largest absolute Gasteiger partial charge is 0.321 e. The zero-order valence-electron chi connectivity index (χ0n) is 16.2. The van der Waals surface area contributed by atoms with Crippen LogP contribution >= 0.6 is 0 Å². The van der Waals surface area contributed by atoms with Gasteiger partial charge in [-0.05, 0) is 37.6 Å². The van der Waals surface area contributed by atoms with Crippen LogP contribution in [0, 0.1) is 24.0 Å². The van der Waals surface area contributed by atoms with E-state index in [4.69, 9.17) is 0 Å². The van der Waals surface area contributed by atoms with Gasteiger partial charge in [0.15, 0.2) is 0 Å². The highest BCUT2D eigenvalue weighted by molar-refractivity contribution is 7.89. The van der Waals surface area contributed by atoms with Crippen LogP contribution in [0.2, 0.25) is 0 Å². The molecule has 0 radical (unpaired) electrons. The Morgan fingerprint density at radius 3 is 2.36 bits per heavy atom. The molecule has 0 saturated carbocycles. The first kappa shape index (κ1) is 21.5. The first-order chi connectivity index (χ1) is 13.1. The number of hydrogen-bond acceptors (Lipinski definition) is 5. The Labute approximate surface area is 164 Å². The van der Waals surface area contributed by atoms with Gasteiger partial charge in [0.2, 0.25) is 10.0 Å². The van der Waals surface area contributed by atoms with Crippen molar-refractivity contribution in [2.75, 3.05) is 18.4 Å². The molecule has 2 aromatic rings. The second kappa shape index (κ2) is 8.49. The van der Waals surface area contributed by atoms with E-state index in [1.54, 1.807) is 39.8 Å². The number of nitro groups is 1. The van der Waals surface area contributed by atoms with Crippen LogP contribution in [-0.2, 0) is 10.0 Å². The maximum Gasteiger partial charge on any atom is 0.274 e. The fraction of sp³-hybridized carbons (Fsp3) is 0.316. The lowest BCUT2D eigenvalue weighted by Gasteiger charge is -2.20. The summed E-state index contributed by atoms with van der Waals surface area (Å²) < 4.78 is 27.0. The van der Waals surface area contributed by atoms with Crippen molar-refractivity contribution in [1.29, 1.82) is 0 Å². The van der Waals surface area contributed by atoms with Gasteiger partial charge in [-0.1, -0.05) is 26.0 Å². The highest BCUT2D eigenvalue weighted by Gasteiger charge is 2.25. The Hall–Kier alpha value is -2.78. The molecule has 0 spiro atoms. The summed E-state index contributed by atoms with van der Waals surface area (Å²) >= 11 is 0. The van der Waals surface area contributed by atoms with Crippen LogP contribution in [0.25, 0.3) is 0 Å². The Morgan fingerprint density at radius 2 is 1.79 bits per heavy atom. The van der Waals surface area contributed by atoms with E-state index < -0.39 is 20.9 Å². The monoisotopic (exact) mass is 405 g/mol. The zero-order valence-corrected chi connectivity index (χ0v) is 17.0. The SMILES string of the molecule is CCN(CC)S(=O)(=O)c1cc(C(=O)Nc2cccc([N+](=O)[O-])c2C)ccc1C. The summed E-state index contributed by atoms with van der Waals surface area (Å²) in [7, 11) is -3.72. The van der Waals surface area contributed by atoms with E-state index in [-0.39, 0.29) is 16.1 Å². The van der Waals surface area contributed by atoms with Gasteiger partial charge < -0.3 is 5.32 Å². The number of nitrogens with one attached hydrogen (secondary N) is 1. The van der Waals surface area contributed by atoms with Gasteiger partial charge in [0, 0.05) is 24.7 Å². The number of anilines is 1. The fourth-order valence-corrected chi connectivity index (χ4v) is 4.58. The minimum atomic E-state index is -3.72. The average Bonchev–Trinajstić information content (AvgIpc) is 2.64. The first-order valence-electron chi connectivity index (χ1n) is 8.79.